The van der Waals surface area contributed by atoms with Crippen molar-refractivity contribution in [1.82, 2.24) is 4.90 Å². The normalized spacial score (nSPS) is 20.2. The van der Waals surface area contributed by atoms with Gasteiger partial charge in [-0.25, -0.2) is 4.79 Å². The van der Waals surface area contributed by atoms with Gasteiger partial charge in [0.15, 0.2) is 0 Å². The molecule has 0 aromatic heterocycles. The average Bonchev–Trinajstić information content (AvgIpc) is 3.09. The molecule has 2 heterocycles. The highest BCUT2D eigenvalue weighted by Crippen LogP contribution is 2.46. The van der Waals surface area contributed by atoms with Crippen molar-refractivity contribution in [3.05, 3.63) is 53.6 Å². The second-order valence-corrected chi connectivity index (χ2v) is 21.9. The highest BCUT2D eigenvalue weighted by molar-refractivity contribution is 7.99. The van der Waals surface area contributed by atoms with E-state index in [0.717, 1.165) is 60.9 Å². The van der Waals surface area contributed by atoms with Crippen LogP contribution in [0.1, 0.15) is 78.4 Å². The summed E-state index contributed by atoms with van der Waals surface area (Å²) in [5, 5.41) is 10.4. The minimum absolute atomic E-state index is 0.129. The number of carboxylic acid groups (broad SMARTS) is 1. The Kier molecular flexibility index (Phi) is 16.0. The molecule has 4 rings (SSSR count). The maximum atomic E-state index is 12.7. The number of anilines is 1. The molecular weight excluding hydrogens is 681 g/mol. The molecule has 9 nitrogen and oxygen atoms in total. The maximum Gasteiger partial charge on any atom is 0.407 e. The van der Waals surface area contributed by atoms with Crippen LogP contribution >= 0.6 is 11.8 Å². The number of piperidine rings is 1. The van der Waals surface area contributed by atoms with Crippen molar-refractivity contribution >= 4 is 31.9 Å². The summed E-state index contributed by atoms with van der Waals surface area (Å²) in [7, 11) is 1.12. The Morgan fingerprint density at radius 3 is 2.27 bits per heavy atom. The number of nitrogens with zero attached hydrogens (tertiary/aromatic N) is 2. The molecule has 1 unspecified atom stereocenters. The summed E-state index contributed by atoms with van der Waals surface area (Å²) in [5.41, 5.74) is 4.32. The van der Waals surface area contributed by atoms with Gasteiger partial charge in [0.2, 0.25) is 8.32 Å². The molecule has 0 saturated carbocycles. The molecule has 0 spiro atoms. The van der Waals surface area contributed by atoms with E-state index in [-0.39, 0.29) is 18.6 Å². The zero-order valence-corrected chi connectivity index (χ0v) is 34.4. The highest BCUT2D eigenvalue weighted by atomic mass is 32.2. The molecule has 1 saturated heterocycles. The van der Waals surface area contributed by atoms with Crippen molar-refractivity contribution in [2.24, 2.45) is 5.92 Å². The smallest absolute Gasteiger partial charge is 0.407 e. The van der Waals surface area contributed by atoms with Crippen LogP contribution in [0.5, 0.6) is 5.75 Å². The lowest BCUT2D eigenvalue weighted by Gasteiger charge is -2.50. The lowest BCUT2D eigenvalue weighted by atomic mass is 9.84. The fourth-order valence-electron chi connectivity index (χ4n) is 8.27. The van der Waals surface area contributed by atoms with Crippen molar-refractivity contribution in [3.8, 4) is 5.75 Å². The molecule has 4 atom stereocenters. The number of rotatable bonds is 19. The summed E-state index contributed by atoms with van der Waals surface area (Å²) in [6, 6.07) is 15.1. The van der Waals surface area contributed by atoms with E-state index < -0.39 is 20.5 Å². The van der Waals surface area contributed by atoms with E-state index in [1.54, 1.807) is 14.2 Å². The third-order valence-corrected chi connectivity index (χ3v) is 17.9. The molecule has 1 fully saturated rings. The Hall–Kier alpha value is -2.28. The molecule has 1 N–H and O–H groups in total. The highest BCUT2D eigenvalue weighted by Gasteiger charge is 2.51. The standard InChI is InChI=1S/C40H64N2O7SSi/c1-28(2)51(29(3)4,30(5)6)49-38-25-42(40(43)44)24-37(39(38)33-12-14-34(15-13-33)50-22-17-31(7)26-46-9)48-27-32-11-16-36-35(23-32)41(19-21-47-36)18-10-20-45-8/h11-16,23,28-31,37-39H,10,17-22,24-27H2,1-9H3,(H,43,44)/t31?,37-,38+,39+/m0/s1. The number of fused-ring (bicyclic) bond motifs is 1. The van der Waals surface area contributed by atoms with Crippen LogP contribution in [0.15, 0.2) is 47.4 Å². The van der Waals surface area contributed by atoms with E-state index in [9.17, 15) is 9.90 Å². The van der Waals surface area contributed by atoms with E-state index in [2.05, 4.69) is 89.8 Å². The second-order valence-electron chi connectivity index (χ2n) is 15.3. The molecule has 2 aromatic rings. The fourth-order valence-corrected chi connectivity index (χ4v) is 14.9. The van der Waals surface area contributed by atoms with Crippen LogP contribution in [0.3, 0.4) is 0 Å². The van der Waals surface area contributed by atoms with Crippen molar-refractivity contribution in [3.63, 3.8) is 0 Å². The Morgan fingerprint density at radius 2 is 1.65 bits per heavy atom. The van der Waals surface area contributed by atoms with Gasteiger partial charge in [-0.1, -0.05) is 66.7 Å². The summed E-state index contributed by atoms with van der Waals surface area (Å²) in [6.07, 6.45) is 0.363. The van der Waals surface area contributed by atoms with Gasteiger partial charge in [-0.2, -0.15) is 0 Å². The fraction of sp³-hybridized carbons (Fsp3) is 0.675. The van der Waals surface area contributed by atoms with E-state index in [4.69, 9.17) is 23.4 Å². The van der Waals surface area contributed by atoms with Crippen LogP contribution in [-0.4, -0.2) is 103 Å². The summed E-state index contributed by atoms with van der Waals surface area (Å²) in [5.74, 6) is 2.30. The molecule has 2 aliphatic rings. The summed E-state index contributed by atoms with van der Waals surface area (Å²) in [4.78, 5) is 17.7. The summed E-state index contributed by atoms with van der Waals surface area (Å²) in [6.45, 7) is 20.7. The molecular formula is C40H64N2O7SSi. The lowest BCUT2D eigenvalue weighted by molar-refractivity contribution is -0.0630. The van der Waals surface area contributed by atoms with Gasteiger partial charge >= 0.3 is 6.09 Å². The maximum absolute atomic E-state index is 12.7. The molecule has 11 heteroatoms. The third-order valence-electron chi connectivity index (χ3n) is 10.8. The minimum atomic E-state index is -2.37. The minimum Gasteiger partial charge on any atom is -0.490 e. The average molecular weight is 745 g/mol. The number of ether oxygens (including phenoxy) is 4. The van der Waals surface area contributed by atoms with Gasteiger partial charge in [-0.05, 0) is 76.5 Å². The van der Waals surface area contributed by atoms with Crippen LogP contribution in [0.25, 0.3) is 0 Å². The van der Waals surface area contributed by atoms with E-state index >= 15 is 0 Å². The van der Waals surface area contributed by atoms with Crippen molar-refractivity contribution in [1.29, 1.82) is 0 Å². The number of amides is 1. The number of hydrogen-bond acceptors (Lipinski definition) is 8. The van der Waals surface area contributed by atoms with Gasteiger partial charge in [0, 0.05) is 51.3 Å². The molecule has 1 amide bonds. The molecule has 0 radical (unpaired) electrons. The zero-order valence-electron chi connectivity index (χ0n) is 32.6. The quantitative estimate of drug-likeness (QED) is 0.0861. The topological polar surface area (TPSA) is 89.9 Å². The van der Waals surface area contributed by atoms with Gasteiger partial charge in [-0.15, -0.1) is 11.8 Å². The van der Waals surface area contributed by atoms with Crippen LogP contribution in [-0.2, 0) is 25.2 Å². The molecule has 2 aliphatic heterocycles. The third kappa shape index (κ3) is 10.7. The first-order chi connectivity index (χ1) is 24.4. The Balaban J connectivity index is 1.65. The zero-order chi connectivity index (χ0) is 37.1. The molecule has 286 valence electrons. The number of carbonyl (C=O) groups is 1. The number of likely N-dealkylation sites (tertiary alicyclic amines) is 1. The first-order valence-corrected chi connectivity index (χ1v) is 22.0. The van der Waals surface area contributed by atoms with Gasteiger partial charge < -0.3 is 38.3 Å². The van der Waals surface area contributed by atoms with E-state index in [0.29, 0.717) is 48.9 Å². The van der Waals surface area contributed by atoms with Crippen molar-refractivity contribution < 1.29 is 33.3 Å². The van der Waals surface area contributed by atoms with E-state index in [1.165, 1.54) is 9.80 Å². The van der Waals surface area contributed by atoms with Crippen LogP contribution in [0, 0.1) is 5.92 Å². The Morgan fingerprint density at radius 1 is 0.961 bits per heavy atom. The van der Waals surface area contributed by atoms with Gasteiger partial charge in [0.1, 0.15) is 12.4 Å². The molecule has 0 aliphatic carbocycles. The Bertz CT molecular complexity index is 1340. The largest absolute Gasteiger partial charge is 0.490 e. The first-order valence-electron chi connectivity index (χ1n) is 18.9. The number of benzene rings is 2. The number of hydrogen-bond donors (Lipinski definition) is 1. The number of thioether (sulfide) groups is 1. The molecule has 0 bridgehead atoms. The predicted molar refractivity (Wildman–Crippen MR) is 210 cm³/mol. The summed E-state index contributed by atoms with van der Waals surface area (Å²) >= 11 is 1.86. The SMILES string of the molecule is COCCCN1CCOc2ccc(CO[C@H]3CN(C(=O)O)C[C@@H](O[Si](C(C)C)(C(C)C)C(C)C)[C@@H]3c3ccc(SCCC(C)COC)cc3)cc21. The van der Waals surface area contributed by atoms with Crippen molar-refractivity contribution in [2.45, 2.75) is 108 Å². The van der Waals surface area contributed by atoms with Gasteiger partial charge in [0.25, 0.3) is 0 Å². The van der Waals surface area contributed by atoms with Crippen LogP contribution in [0.4, 0.5) is 10.5 Å². The second kappa shape index (κ2) is 19.7. The van der Waals surface area contributed by atoms with Gasteiger partial charge in [-0.3, -0.25) is 0 Å². The van der Waals surface area contributed by atoms with Crippen LogP contribution < -0.4 is 9.64 Å². The van der Waals surface area contributed by atoms with E-state index in [1.807, 2.05) is 17.8 Å². The Labute approximate surface area is 312 Å². The van der Waals surface area contributed by atoms with Gasteiger partial charge in [0.05, 0.1) is 37.6 Å². The molecule has 2 aromatic carbocycles. The number of methoxy groups -OCH3 is 2. The monoisotopic (exact) mass is 744 g/mol. The van der Waals surface area contributed by atoms with Crippen molar-refractivity contribution in [2.75, 3.05) is 70.9 Å². The summed E-state index contributed by atoms with van der Waals surface area (Å²) < 4.78 is 30.9. The van der Waals surface area contributed by atoms with Crippen LogP contribution in [0.2, 0.25) is 16.6 Å². The molecule has 51 heavy (non-hydrogen) atoms. The predicted octanol–water partition coefficient (Wildman–Crippen LogP) is 8.91. The lowest BCUT2D eigenvalue weighted by Crippen LogP contribution is -2.59. The first kappa shape index (κ1) is 41.5.